The monoisotopic (exact) mass is 188 g/mol. The number of nitrogens with zero attached hydrogens (tertiary/aromatic N) is 1. The molecule has 2 N–H and O–H groups in total. The average molecular weight is 188 g/mol. The molecule has 72 valence electrons. The molecule has 0 aromatic heterocycles. The van der Waals surface area contributed by atoms with Gasteiger partial charge in [0.1, 0.15) is 7.85 Å². The molecule has 1 fully saturated rings. The summed E-state index contributed by atoms with van der Waals surface area (Å²) in [6.45, 7) is 3.40. The fourth-order valence-electron chi connectivity index (χ4n) is 1.58. The molecule has 0 atom stereocenters. The summed E-state index contributed by atoms with van der Waals surface area (Å²) >= 11 is 0. The first-order valence-electron chi connectivity index (χ1n) is 4.75. The highest BCUT2D eigenvalue weighted by molar-refractivity contribution is 6.35. The third kappa shape index (κ3) is 1.85. The van der Waals surface area contributed by atoms with Gasteiger partial charge in [-0.1, -0.05) is 5.46 Å². The highest BCUT2D eigenvalue weighted by Crippen LogP contribution is 2.15. The number of ether oxygens (including phenoxy) is 1. The van der Waals surface area contributed by atoms with E-state index in [-0.39, 0.29) is 0 Å². The number of benzene rings is 1. The Bertz CT molecular complexity index is 324. The SMILES string of the molecule is [B]c1cc(N2CCOCC2)ccc1N. The first kappa shape index (κ1) is 9.40. The molecule has 0 unspecified atom stereocenters. The molecule has 3 nitrogen and oxygen atoms in total. The van der Waals surface area contributed by atoms with Gasteiger partial charge in [0.15, 0.2) is 0 Å². The van der Waals surface area contributed by atoms with Crippen molar-refractivity contribution in [2.24, 2.45) is 0 Å². The molecule has 1 aliphatic heterocycles. The number of morpholine rings is 1. The van der Waals surface area contributed by atoms with Gasteiger partial charge in [-0.15, -0.1) is 0 Å². The second kappa shape index (κ2) is 3.92. The van der Waals surface area contributed by atoms with E-state index in [4.69, 9.17) is 18.3 Å². The smallest absolute Gasteiger partial charge is 0.116 e. The zero-order valence-electron chi connectivity index (χ0n) is 8.07. The van der Waals surface area contributed by atoms with Crippen molar-refractivity contribution in [2.75, 3.05) is 36.9 Å². The van der Waals surface area contributed by atoms with Crippen molar-refractivity contribution in [1.29, 1.82) is 0 Å². The highest BCUT2D eigenvalue weighted by atomic mass is 16.5. The predicted octanol–water partition coefficient (Wildman–Crippen LogP) is -0.101. The summed E-state index contributed by atoms with van der Waals surface area (Å²) < 4.78 is 5.28. The number of hydrogen-bond donors (Lipinski definition) is 1. The highest BCUT2D eigenvalue weighted by Gasteiger charge is 2.10. The largest absolute Gasteiger partial charge is 0.399 e. The predicted molar refractivity (Wildman–Crippen MR) is 59.3 cm³/mol. The summed E-state index contributed by atoms with van der Waals surface area (Å²) in [5.41, 5.74) is 8.06. The normalized spacial score (nSPS) is 17.0. The molecular formula is C10H13BN2O. The number of hydrogen-bond acceptors (Lipinski definition) is 3. The molecule has 0 bridgehead atoms. The van der Waals surface area contributed by atoms with E-state index >= 15 is 0 Å². The Morgan fingerprint density at radius 3 is 2.64 bits per heavy atom. The quantitative estimate of drug-likeness (QED) is 0.494. The molecule has 1 aromatic rings. The molecule has 0 saturated carbocycles. The van der Waals surface area contributed by atoms with E-state index in [0.717, 1.165) is 32.0 Å². The lowest BCUT2D eigenvalue weighted by Crippen LogP contribution is -2.36. The maximum atomic E-state index is 5.74. The molecule has 2 rings (SSSR count). The summed E-state index contributed by atoms with van der Waals surface area (Å²) in [4.78, 5) is 2.25. The van der Waals surface area contributed by atoms with E-state index in [0.29, 0.717) is 11.2 Å². The van der Waals surface area contributed by atoms with E-state index in [2.05, 4.69) is 4.90 Å². The van der Waals surface area contributed by atoms with Gasteiger partial charge in [-0.25, -0.2) is 0 Å². The zero-order valence-corrected chi connectivity index (χ0v) is 8.07. The lowest BCUT2D eigenvalue weighted by atomic mass is 9.93. The minimum Gasteiger partial charge on any atom is -0.399 e. The third-order valence-electron chi connectivity index (χ3n) is 2.45. The van der Waals surface area contributed by atoms with Crippen LogP contribution in [0.1, 0.15) is 0 Å². The van der Waals surface area contributed by atoms with Crippen molar-refractivity contribution >= 4 is 24.7 Å². The van der Waals surface area contributed by atoms with E-state index in [1.54, 1.807) is 0 Å². The molecule has 0 amide bonds. The average Bonchev–Trinajstić information content (AvgIpc) is 2.23. The molecule has 4 heteroatoms. The van der Waals surface area contributed by atoms with Crippen LogP contribution in [0, 0.1) is 0 Å². The lowest BCUT2D eigenvalue weighted by molar-refractivity contribution is 0.122. The second-order valence-corrected chi connectivity index (χ2v) is 3.41. The van der Waals surface area contributed by atoms with Crippen LogP contribution in [0.2, 0.25) is 0 Å². The third-order valence-corrected chi connectivity index (χ3v) is 2.45. The van der Waals surface area contributed by atoms with Gasteiger partial charge < -0.3 is 15.4 Å². The van der Waals surface area contributed by atoms with Crippen LogP contribution >= 0.6 is 0 Å². The minimum absolute atomic E-state index is 0.641. The van der Waals surface area contributed by atoms with Crippen LogP contribution in [0.5, 0.6) is 0 Å². The van der Waals surface area contributed by atoms with Crippen molar-refractivity contribution in [2.45, 2.75) is 0 Å². The fourth-order valence-corrected chi connectivity index (χ4v) is 1.58. The van der Waals surface area contributed by atoms with E-state index in [9.17, 15) is 0 Å². The van der Waals surface area contributed by atoms with Gasteiger partial charge in [-0.05, 0) is 18.2 Å². The molecule has 0 aliphatic carbocycles. The Kier molecular flexibility index (Phi) is 2.63. The van der Waals surface area contributed by atoms with Crippen LogP contribution < -0.4 is 16.1 Å². The van der Waals surface area contributed by atoms with Crippen molar-refractivity contribution < 1.29 is 4.74 Å². The van der Waals surface area contributed by atoms with Crippen LogP contribution in [0.25, 0.3) is 0 Å². The van der Waals surface area contributed by atoms with E-state index < -0.39 is 0 Å². The Hall–Kier alpha value is -1.16. The summed E-state index contributed by atoms with van der Waals surface area (Å²) in [6, 6.07) is 5.76. The van der Waals surface area contributed by atoms with Crippen molar-refractivity contribution in [3.05, 3.63) is 18.2 Å². The molecule has 1 aromatic carbocycles. The van der Waals surface area contributed by atoms with Gasteiger partial charge in [0, 0.05) is 24.5 Å². The second-order valence-electron chi connectivity index (χ2n) is 3.41. The summed E-state index contributed by atoms with van der Waals surface area (Å²) in [6.07, 6.45) is 0. The van der Waals surface area contributed by atoms with Crippen LogP contribution in [0.4, 0.5) is 11.4 Å². The molecular weight excluding hydrogens is 175 g/mol. The van der Waals surface area contributed by atoms with Gasteiger partial charge in [0.2, 0.25) is 0 Å². The number of anilines is 2. The van der Waals surface area contributed by atoms with Gasteiger partial charge in [-0.2, -0.15) is 0 Å². The molecule has 2 radical (unpaired) electrons. The number of nitrogens with two attached hydrogens (primary N) is 1. The van der Waals surface area contributed by atoms with Crippen LogP contribution in [-0.2, 0) is 4.74 Å². The van der Waals surface area contributed by atoms with Gasteiger partial charge in [-0.3, -0.25) is 0 Å². The summed E-state index contributed by atoms with van der Waals surface area (Å²) in [5.74, 6) is 0. The van der Waals surface area contributed by atoms with Crippen molar-refractivity contribution in [3.8, 4) is 0 Å². The molecule has 14 heavy (non-hydrogen) atoms. The van der Waals surface area contributed by atoms with Gasteiger partial charge in [0.05, 0.1) is 13.2 Å². The maximum Gasteiger partial charge on any atom is 0.116 e. The lowest BCUT2D eigenvalue weighted by Gasteiger charge is -2.29. The Morgan fingerprint density at radius 1 is 1.29 bits per heavy atom. The Balaban J connectivity index is 2.18. The standard InChI is InChI=1S/C10H13BN2O/c11-9-7-8(1-2-10(9)12)13-3-5-14-6-4-13/h1-2,7H,3-6,12H2. The molecule has 1 saturated heterocycles. The fraction of sp³-hybridized carbons (Fsp3) is 0.400. The first-order chi connectivity index (χ1) is 6.77. The summed E-state index contributed by atoms with van der Waals surface area (Å²) in [5, 5.41) is 0. The molecule has 1 aliphatic rings. The van der Waals surface area contributed by atoms with Gasteiger partial charge in [0.25, 0.3) is 0 Å². The molecule has 1 heterocycles. The molecule has 0 spiro atoms. The first-order valence-corrected chi connectivity index (χ1v) is 4.75. The topological polar surface area (TPSA) is 38.5 Å². The van der Waals surface area contributed by atoms with Crippen molar-refractivity contribution in [3.63, 3.8) is 0 Å². The summed E-state index contributed by atoms with van der Waals surface area (Å²) in [7, 11) is 5.74. The minimum atomic E-state index is 0.641. The number of rotatable bonds is 1. The maximum absolute atomic E-state index is 5.74. The van der Waals surface area contributed by atoms with E-state index in [1.165, 1.54) is 0 Å². The Labute approximate surface area is 85.3 Å². The van der Waals surface area contributed by atoms with Crippen molar-refractivity contribution in [1.82, 2.24) is 0 Å². The van der Waals surface area contributed by atoms with Gasteiger partial charge >= 0.3 is 0 Å². The van der Waals surface area contributed by atoms with E-state index in [1.807, 2.05) is 18.2 Å². The zero-order chi connectivity index (χ0) is 9.97. The van der Waals surface area contributed by atoms with Crippen LogP contribution in [-0.4, -0.2) is 34.1 Å². The van der Waals surface area contributed by atoms with Crippen LogP contribution in [0.3, 0.4) is 0 Å². The number of nitrogen functional groups attached to an aromatic ring is 1. The van der Waals surface area contributed by atoms with Crippen LogP contribution in [0.15, 0.2) is 18.2 Å². The Morgan fingerprint density at radius 2 is 2.00 bits per heavy atom.